The summed E-state index contributed by atoms with van der Waals surface area (Å²) in [5.41, 5.74) is 5.66. The van der Waals surface area contributed by atoms with Gasteiger partial charge in [-0.05, 0) is 28.0 Å². The highest BCUT2D eigenvalue weighted by Crippen LogP contribution is 2.29. The van der Waals surface area contributed by atoms with Crippen LogP contribution >= 0.6 is 0 Å². The van der Waals surface area contributed by atoms with Crippen LogP contribution in [-0.2, 0) is 28.6 Å². The number of halogens is 3. The van der Waals surface area contributed by atoms with Gasteiger partial charge in [0.2, 0.25) is 11.8 Å². The number of amides is 2. The van der Waals surface area contributed by atoms with E-state index < -0.39 is 29.6 Å². The van der Waals surface area contributed by atoms with Crippen molar-refractivity contribution in [2.24, 2.45) is 5.73 Å². The largest absolute Gasteiger partial charge is 0.416 e. The van der Waals surface area contributed by atoms with Crippen molar-refractivity contribution in [1.29, 1.82) is 0 Å². The number of carbonyl (C=O) groups excluding carboxylic acids is 2. The Bertz CT molecular complexity index is 1040. The Hall–Kier alpha value is -3.35. The molecule has 0 aromatic heterocycles. The number of fused-ring (bicyclic) bond motifs is 1. The fourth-order valence-corrected chi connectivity index (χ4v) is 3.20. The van der Waals surface area contributed by atoms with Crippen molar-refractivity contribution in [2.45, 2.75) is 25.1 Å². The number of benzene rings is 3. The summed E-state index contributed by atoms with van der Waals surface area (Å²) in [6.45, 7) is 0. The Labute approximate surface area is 165 Å². The van der Waals surface area contributed by atoms with E-state index in [4.69, 9.17) is 5.73 Å². The van der Waals surface area contributed by atoms with Gasteiger partial charge in [0.15, 0.2) is 0 Å². The lowest BCUT2D eigenvalue weighted by atomic mass is 9.98. The van der Waals surface area contributed by atoms with Gasteiger partial charge in [-0.1, -0.05) is 60.7 Å². The quantitative estimate of drug-likeness (QED) is 0.664. The predicted octanol–water partition coefficient (Wildman–Crippen LogP) is 3.61. The van der Waals surface area contributed by atoms with Gasteiger partial charge in [-0.3, -0.25) is 9.59 Å². The van der Waals surface area contributed by atoms with E-state index >= 15 is 0 Å². The first-order valence-electron chi connectivity index (χ1n) is 8.95. The van der Waals surface area contributed by atoms with E-state index in [0.29, 0.717) is 0 Å². The molecule has 150 valence electrons. The summed E-state index contributed by atoms with van der Waals surface area (Å²) >= 11 is 0. The highest BCUT2D eigenvalue weighted by atomic mass is 19.4. The second-order valence-electron chi connectivity index (χ2n) is 6.74. The van der Waals surface area contributed by atoms with E-state index in [1.54, 1.807) is 0 Å². The van der Waals surface area contributed by atoms with Crippen molar-refractivity contribution in [2.75, 3.05) is 0 Å². The Morgan fingerprint density at radius 2 is 1.66 bits per heavy atom. The van der Waals surface area contributed by atoms with Crippen LogP contribution in [0, 0.1) is 0 Å². The number of rotatable bonds is 6. The van der Waals surface area contributed by atoms with Gasteiger partial charge in [-0.25, -0.2) is 0 Å². The number of alkyl halides is 3. The van der Waals surface area contributed by atoms with Crippen LogP contribution in [-0.4, -0.2) is 17.9 Å². The minimum atomic E-state index is -4.49. The number of hydrogen-bond donors (Lipinski definition) is 2. The fourth-order valence-electron chi connectivity index (χ4n) is 3.20. The fraction of sp³-hybridized carbons (Fsp3) is 0.182. The van der Waals surface area contributed by atoms with Crippen LogP contribution in [0.25, 0.3) is 10.8 Å². The van der Waals surface area contributed by atoms with E-state index in [-0.39, 0.29) is 18.4 Å². The molecular formula is C22H19F3N2O2. The number of carbonyl (C=O) groups is 2. The van der Waals surface area contributed by atoms with Crippen LogP contribution in [0.3, 0.4) is 0 Å². The lowest BCUT2D eigenvalue weighted by molar-refractivity contribution is -0.137. The zero-order chi connectivity index (χ0) is 21.0. The Morgan fingerprint density at radius 3 is 2.38 bits per heavy atom. The first kappa shape index (κ1) is 20.4. The molecule has 7 heteroatoms. The van der Waals surface area contributed by atoms with Gasteiger partial charge in [0.1, 0.15) is 6.04 Å². The van der Waals surface area contributed by atoms with E-state index in [0.717, 1.165) is 28.5 Å². The van der Waals surface area contributed by atoms with Crippen LogP contribution in [0.1, 0.15) is 16.7 Å². The van der Waals surface area contributed by atoms with Crippen LogP contribution in [0.15, 0.2) is 66.7 Å². The second-order valence-corrected chi connectivity index (χ2v) is 6.74. The lowest BCUT2D eigenvalue weighted by Crippen LogP contribution is -2.46. The smallest absolute Gasteiger partial charge is 0.368 e. The van der Waals surface area contributed by atoms with E-state index in [2.05, 4.69) is 5.32 Å². The summed E-state index contributed by atoms with van der Waals surface area (Å²) in [6.07, 6.45) is -4.59. The molecule has 0 saturated carbocycles. The Morgan fingerprint density at radius 1 is 0.966 bits per heavy atom. The molecule has 1 atom stereocenters. The molecule has 3 aromatic carbocycles. The summed E-state index contributed by atoms with van der Waals surface area (Å²) in [5, 5.41) is 4.47. The molecule has 0 saturated heterocycles. The van der Waals surface area contributed by atoms with Gasteiger partial charge in [0.25, 0.3) is 0 Å². The highest BCUT2D eigenvalue weighted by molar-refractivity contribution is 5.90. The van der Waals surface area contributed by atoms with Crippen molar-refractivity contribution in [1.82, 2.24) is 5.32 Å². The van der Waals surface area contributed by atoms with Crippen molar-refractivity contribution in [3.63, 3.8) is 0 Å². The summed E-state index contributed by atoms with van der Waals surface area (Å²) in [6, 6.07) is 16.8. The highest BCUT2D eigenvalue weighted by Gasteiger charge is 2.30. The molecule has 0 fully saturated rings. The van der Waals surface area contributed by atoms with Crippen LogP contribution < -0.4 is 11.1 Å². The van der Waals surface area contributed by atoms with Gasteiger partial charge in [0, 0.05) is 6.42 Å². The maximum absolute atomic E-state index is 12.8. The molecule has 3 rings (SSSR count). The Balaban J connectivity index is 1.74. The maximum Gasteiger partial charge on any atom is 0.416 e. The summed E-state index contributed by atoms with van der Waals surface area (Å²) in [5.74, 6) is -1.29. The van der Waals surface area contributed by atoms with Crippen molar-refractivity contribution >= 4 is 22.6 Å². The minimum Gasteiger partial charge on any atom is -0.368 e. The number of primary amides is 1. The SMILES string of the molecule is NC(=O)[C@H](Cc1cccc2ccccc12)NC(=O)Cc1cccc(C(F)(F)F)c1. The maximum atomic E-state index is 12.8. The van der Waals surface area contributed by atoms with Crippen molar-refractivity contribution in [3.8, 4) is 0 Å². The molecular weight excluding hydrogens is 381 g/mol. The van der Waals surface area contributed by atoms with E-state index in [1.165, 1.54) is 12.1 Å². The van der Waals surface area contributed by atoms with Gasteiger partial charge in [0.05, 0.1) is 12.0 Å². The normalized spacial score (nSPS) is 12.5. The third-order valence-electron chi connectivity index (χ3n) is 4.60. The van der Waals surface area contributed by atoms with Crippen molar-refractivity contribution in [3.05, 3.63) is 83.4 Å². The summed E-state index contributed by atoms with van der Waals surface area (Å²) in [4.78, 5) is 24.2. The molecule has 3 aromatic rings. The van der Waals surface area contributed by atoms with Crippen LogP contribution in [0.4, 0.5) is 13.2 Å². The molecule has 0 aliphatic carbocycles. The zero-order valence-electron chi connectivity index (χ0n) is 15.4. The van der Waals surface area contributed by atoms with E-state index in [9.17, 15) is 22.8 Å². The third-order valence-corrected chi connectivity index (χ3v) is 4.60. The van der Waals surface area contributed by atoms with Gasteiger partial charge in [-0.15, -0.1) is 0 Å². The molecule has 0 aliphatic heterocycles. The average Bonchev–Trinajstić information content (AvgIpc) is 2.67. The molecule has 2 amide bonds. The first-order chi connectivity index (χ1) is 13.7. The summed E-state index contributed by atoms with van der Waals surface area (Å²) in [7, 11) is 0. The van der Waals surface area contributed by atoms with E-state index in [1.807, 2.05) is 42.5 Å². The molecule has 0 heterocycles. The minimum absolute atomic E-state index is 0.186. The van der Waals surface area contributed by atoms with Gasteiger partial charge >= 0.3 is 6.18 Å². The van der Waals surface area contributed by atoms with Crippen LogP contribution in [0.5, 0.6) is 0 Å². The number of nitrogens with two attached hydrogens (primary N) is 1. The average molecular weight is 400 g/mol. The van der Waals surface area contributed by atoms with Gasteiger partial charge in [-0.2, -0.15) is 13.2 Å². The second kappa shape index (κ2) is 8.34. The predicted molar refractivity (Wildman–Crippen MR) is 104 cm³/mol. The lowest BCUT2D eigenvalue weighted by Gasteiger charge is -2.17. The summed E-state index contributed by atoms with van der Waals surface area (Å²) < 4.78 is 38.5. The first-order valence-corrected chi connectivity index (χ1v) is 8.95. The van der Waals surface area contributed by atoms with Crippen molar-refractivity contribution < 1.29 is 22.8 Å². The zero-order valence-corrected chi connectivity index (χ0v) is 15.4. The third kappa shape index (κ3) is 5.13. The molecule has 0 bridgehead atoms. The number of hydrogen-bond acceptors (Lipinski definition) is 2. The van der Waals surface area contributed by atoms with Crippen LogP contribution in [0.2, 0.25) is 0 Å². The topological polar surface area (TPSA) is 72.2 Å². The molecule has 0 spiro atoms. The molecule has 0 aliphatic rings. The molecule has 29 heavy (non-hydrogen) atoms. The molecule has 0 radical (unpaired) electrons. The Kier molecular flexibility index (Phi) is 5.87. The monoisotopic (exact) mass is 400 g/mol. The molecule has 3 N–H and O–H groups in total. The standard InChI is InChI=1S/C22H19F3N2O2/c23-22(24,25)17-9-3-5-14(11-17)12-20(28)27-19(21(26)29)13-16-8-4-7-15-6-1-2-10-18(15)16/h1-11,19H,12-13H2,(H2,26,29)(H,27,28)/t19-/m0/s1. The van der Waals surface area contributed by atoms with Gasteiger partial charge < -0.3 is 11.1 Å². The molecule has 0 unspecified atom stereocenters. The number of nitrogens with one attached hydrogen (secondary N) is 1. The molecule has 4 nitrogen and oxygen atoms in total.